The van der Waals surface area contributed by atoms with Crippen LogP contribution in [0, 0.1) is 0 Å². The van der Waals surface area contributed by atoms with Crippen LogP contribution in [0.5, 0.6) is 0 Å². The third kappa shape index (κ3) is 2.46. The van der Waals surface area contributed by atoms with E-state index < -0.39 is 0 Å². The number of Topliss-reactive ketones (excluding diaryl/α,β-unsaturated/α-hetero) is 1. The molecule has 1 atom stereocenters. The van der Waals surface area contributed by atoms with Gasteiger partial charge in [-0.2, -0.15) is 0 Å². The van der Waals surface area contributed by atoms with Gasteiger partial charge >= 0.3 is 0 Å². The molecule has 0 bridgehead atoms. The highest BCUT2D eigenvalue weighted by molar-refractivity contribution is 8.00. The molecule has 1 aliphatic rings. The van der Waals surface area contributed by atoms with E-state index >= 15 is 0 Å². The first-order valence-electron chi connectivity index (χ1n) is 6.08. The average Bonchev–Trinajstić information content (AvgIpc) is 2.42. The van der Waals surface area contributed by atoms with E-state index in [0.717, 1.165) is 24.0 Å². The van der Waals surface area contributed by atoms with Gasteiger partial charge in [0.2, 0.25) is 0 Å². The second-order valence-electron chi connectivity index (χ2n) is 4.41. The van der Waals surface area contributed by atoms with Gasteiger partial charge in [-0.25, -0.2) is 4.98 Å². The number of hydrogen-bond acceptors (Lipinski definition) is 4. The minimum Gasteiger partial charge on any atom is -0.301 e. The number of nitrogens with zero attached hydrogens (tertiary/aromatic N) is 1. The smallest absolute Gasteiger partial charge is 0.251 e. The molecule has 1 aromatic carbocycles. The highest BCUT2D eigenvalue weighted by atomic mass is 32.2. The molecule has 0 saturated heterocycles. The molecule has 0 saturated carbocycles. The van der Waals surface area contributed by atoms with Crippen molar-refractivity contribution in [3.8, 4) is 0 Å². The van der Waals surface area contributed by atoms with Gasteiger partial charge in [-0.15, -0.1) is 0 Å². The normalized spacial score (nSPS) is 18.1. The van der Waals surface area contributed by atoms with Crippen LogP contribution < -0.4 is 5.56 Å². The number of aryl methyl sites for hydroxylation is 1. The lowest BCUT2D eigenvalue weighted by Gasteiger charge is -2.22. The Morgan fingerprint density at radius 2 is 2.05 bits per heavy atom. The molecule has 1 N–H and O–H groups in total. The summed E-state index contributed by atoms with van der Waals surface area (Å²) in [4.78, 5) is 30.3. The van der Waals surface area contributed by atoms with Crippen LogP contribution in [0.2, 0.25) is 0 Å². The number of carbonyl (C=O) groups is 1. The first-order valence-corrected chi connectivity index (χ1v) is 6.96. The molecule has 0 spiro atoms. The van der Waals surface area contributed by atoms with E-state index in [-0.39, 0.29) is 16.6 Å². The first kappa shape index (κ1) is 12.2. The summed E-state index contributed by atoms with van der Waals surface area (Å²) in [6, 6.07) is 9.06. The van der Waals surface area contributed by atoms with E-state index in [1.807, 2.05) is 24.3 Å². The lowest BCUT2D eigenvalue weighted by Crippen LogP contribution is -2.25. The molecule has 1 aliphatic carbocycles. The molecule has 96 valence electrons. The van der Waals surface area contributed by atoms with Crippen molar-refractivity contribution >= 4 is 17.5 Å². The summed E-state index contributed by atoms with van der Waals surface area (Å²) in [5, 5.41) is 0.339. The maximum Gasteiger partial charge on any atom is 0.251 e. The van der Waals surface area contributed by atoms with Gasteiger partial charge in [0.1, 0.15) is 0 Å². The Balaban J connectivity index is 1.85. The number of aromatic nitrogens is 2. The van der Waals surface area contributed by atoms with Crippen molar-refractivity contribution < 1.29 is 4.79 Å². The van der Waals surface area contributed by atoms with Gasteiger partial charge in [0.15, 0.2) is 10.9 Å². The number of ketones is 1. The van der Waals surface area contributed by atoms with E-state index in [4.69, 9.17) is 0 Å². The van der Waals surface area contributed by atoms with Crippen LogP contribution in [-0.2, 0) is 6.42 Å². The Hall–Kier alpha value is -1.88. The van der Waals surface area contributed by atoms with Crippen LogP contribution in [0.15, 0.2) is 46.5 Å². The van der Waals surface area contributed by atoms with Crippen molar-refractivity contribution in [1.82, 2.24) is 9.97 Å². The van der Waals surface area contributed by atoms with Crippen LogP contribution in [0.3, 0.4) is 0 Å². The molecule has 1 aromatic heterocycles. The maximum absolute atomic E-state index is 12.4. The number of thioether (sulfide) groups is 1. The summed E-state index contributed by atoms with van der Waals surface area (Å²) in [6.07, 6.45) is 3.12. The quantitative estimate of drug-likeness (QED) is 0.850. The van der Waals surface area contributed by atoms with Gasteiger partial charge in [0.25, 0.3) is 5.56 Å². The van der Waals surface area contributed by atoms with E-state index in [1.54, 1.807) is 0 Å². The molecule has 0 amide bonds. The minimum absolute atomic E-state index is 0.123. The number of hydrogen-bond donors (Lipinski definition) is 1. The topological polar surface area (TPSA) is 62.8 Å². The predicted octanol–water partition coefficient (Wildman–Crippen LogP) is 2.06. The average molecular weight is 272 g/mol. The SMILES string of the molecule is O=C1c2ccccc2CC[C@@H]1Sc1nccc(=O)[nH]1. The number of H-pyrrole nitrogens is 1. The molecular weight excluding hydrogens is 260 g/mol. The van der Waals surface area contributed by atoms with Crippen molar-refractivity contribution in [2.75, 3.05) is 0 Å². The fraction of sp³-hybridized carbons (Fsp3) is 0.214. The number of nitrogens with one attached hydrogen (secondary N) is 1. The van der Waals surface area contributed by atoms with Crippen LogP contribution in [-0.4, -0.2) is 21.0 Å². The standard InChI is InChI=1S/C14H12N2O2S/c17-12-7-8-15-14(16-12)19-11-6-5-9-3-1-2-4-10(9)13(11)18/h1-4,7-8,11H,5-6H2,(H,15,16,17)/t11-/m0/s1. The molecule has 0 aliphatic heterocycles. The Morgan fingerprint density at radius 1 is 1.21 bits per heavy atom. The number of fused-ring (bicyclic) bond motifs is 1. The van der Waals surface area contributed by atoms with E-state index in [1.165, 1.54) is 24.0 Å². The highest BCUT2D eigenvalue weighted by Gasteiger charge is 2.28. The summed E-state index contributed by atoms with van der Waals surface area (Å²) in [5.74, 6) is 0.123. The van der Waals surface area contributed by atoms with Crippen molar-refractivity contribution in [3.05, 3.63) is 58.0 Å². The summed E-state index contributed by atoms with van der Waals surface area (Å²) in [7, 11) is 0. The third-order valence-corrected chi connectivity index (χ3v) is 4.32. The molecule has 0 unspecified atom stereocenters. The fourth-order valence-corrected chi connectivity index (χ4v) is 3.25. The lowest BCUT2D eigenvalue weighted by atomic mass is 9.90. The van der Waals surface area contributed by atoms with E-state index in [2.05, 4.69) is 9.97 Å². The zero-order valence-electron chi connectivity index (χ0n) is 10.1. The van der Waals surface area contributed by atoms with Crippen molar-refractivity contribution in [2.24, 2.45) is 0 Å². The second-order valence-corrected chi connectivity index (χ2v) is 5.60. The van der Waals surface area contributed by atoms with Gasteiger partial charge in [-0.1, -0.05) is 36.0 Å². The number of aromatic amines is 1. The third-order valence-electron chi connectivity index (χ3n) is 3.15. The van der Waals surface area contributed by atoms with Crippen LogP contribution in [0.1, 0.15) is 22.3 Å². The Labute approximate surface area is 114 Å². The first-order chi connectivity index (χ1) is 9.24. The monoisotopic (exact) mass is 272 g/mol. The Kier molecular flexibility index (Phi) is 3.21. The predicted molar refractivity (Wildman–Crippen MR) is 73.6 cm³/mol. The summed E-state index contributed by atoms with van der Waals surface area (Å²) in [5.41, 5.74) is 1.71. The van der Waals surface area contributed by atoms with Crippen molar-refractivity contribution in [1.29, 1.82) is 0 Å². The van der Waals surface area contributed by atoms with E-state index in [9.17, 15) is 9.59 Å². The number of carbonyl (C=O) groups excluding carboxylic acids is 1. The molecule has 5 heteroatoms. The number of benzene rings is 1. The van der Waals surface area contributed by atoms with Gasteiger partial charge in [0.05, 0.1) is 5.25 Å². The lowest BCUT2D eigenvalue weighted by molar-refractivity contribution is 0.0979. The molecule has 19 heavy (non-hydrogen) atoms. The van der Waals surface area contributed by atoms with Crippen LogP contribution >= 0.6 is 11.8 Å². The second kappa shape index (κ2) is 5.01. The highest BCUT2D eigenvalue weighted by Crippen LogP contribution is 2.31. The van der Waals surface area contributed by atoms with E-state index in [0.29, 0.717) is 5.16 Å². The van der Waals surface area contributed by atoms with Crippen molar-refractivity contribution in [3.63, 3.8) is 0 Å². The Bertz CT molecular complexity index is 681. The molecular formula is C14H12N2O2S. The van der Waals surface area contributed by atoms with Crippen LogP contribution in [0.25, 0.3) is 0 Å². The van der Waals surface area contributed by atoms with Crippen LogP contribution in [0.4, 0.5) is 0 Å². The molecule has 3 rings (SSSR count). The summed E-state index contributed by atoms with van der Waals surface area (Å²) >= 11 is 1.33. The molecule has 1 heterocycles. The van der Waals surface area contributed by atoms with Crippen molar-refractivity contribution in [2.45, 2.75) is 23.2 Å². The molecule has 4 nitrogen and oxygen atoms in total. The van der Waals surface area contributed by atoms with Gasteiger partial charge in [-0.05, 0) is 18.4 Å². The van der Waals surface area contributed by atoms with Gasteiger partial charge in [-0.3, -0.25) is 9.59 Å². The zero-order valence-corrected chi connectivity index (χ0v) is 10.9. The molecule has 2 aromatic rings. The summed E-state index contributed by atoms with van der Waals surface area (Å²) < 4.78 is 0. The zero-order chi connectivity index (χ0) is 13.2. The largest absolute Gasteiger partial charge is 0.301 e. The molecule has 0 radical (unpaired) electrons. The van der Waals surface area contributed by atoms with Gasteiger partial charge < -0.3 is 4.98 Å². The summed E-state index contributed by atoms with van der Waals surface area (Å²) in [6.45, 7) is 0. The Morgan fingerprint density at radius 3 is 2.89 bits per heavy atom. The number of rotatable bonds is 2. The van der Waals surface area contributed by atoms with Gasteiger partial charge in [0, 0.05) is 17.8 Å². The molecule has 0 fully saturated rings. The minimum atomic E-state index is -0.193. The fourth-order valence-electron chi connectivity index (χ4n) is 2.23. The maximum atomic E-state index is 12.4.